The highest BCUT2D eigenvalue weighted by atomic mass is 16.6. The van der Waals surface area contributed by atoms with Gasteiger partial charge in [0.1, 0.15) is 0 Å². The summed E-state index contributed by atoms with van der Waals surface area (Å²) >= 11 is 0. The van der Waals surface area contributed by atoms with Gasteiger partial charge in [-0.15, -0.1) is 0 Å². The Morgan fingerprint density at radius 2 is 0.980 bits per heavy atom. The molecule has 4 aromatic rings. The van der Waals surface area contributed by atoms with Gasteiger partial charge in [0.2, 0.25) is 0 Å². The zero-order valence-corrected chi connectivity index (χ0v) is 29.4. The Kier molecular flexibility index (Phi) is 9.08. The third-order valence-corrected chi connectivity index (χ3v) is 10.8. The molecule has 8 heteroatoms. The molecule has 0 bridgehead atoms. The normalized spacial score (nSPS) is 16.7. The van der Waals surface area contributed by atoms with E-state index in [1.807, 2.05) is 0 Å². The largest absolute Gasteiger partial charge is 0.494 e. The molecule has 2 aliphatic heterocycles. The molecule has 2 saturated heterocycles. The van der Waals surface area contributed by atoms with Crippen molar-refractivity contribution in [3.63, 3.8) is 0 Å². The molecule has 2 aliphatic carbocycles. The molecule has 0 aromatic heterocycles. The zero-order chi connectivity index (χ0) is 33.5. The van der Waals surface area contributed by atoms with Crippen molar-refractivity contribution in [3.05, 3.63) is 94.0 Å². The Bertz CT molecular complexity index is 1790. The lowest BCUT2D eigenvalue weighted by Crippen LogP contribution is -2.35. The number of aryl methyl sites for hydroxylation is 2. The van der Waals surface area contributed by atoms with Crippen LogP contribution in [0, 0.1) is 13.8 Å². The van der Waals surface area contributed by atoms with Crippen molar-refractivity contribution in [1.82, 2.24) is 0 Å². The Morgan fingerprint density at radius 1 is 0.531 bits per heavy atom. The lowest BCUT2D eigenvalue weighted by molar-refractivity contribution is 0.259. The van der Waals surface area contributed by atoms with Crippen molar-refractivity contribution < 1.29 is 28.1 Å². The monoisotopic (exact) mass is 656 g/mol. The van der Waals surface area contributed by atoms with E-state index in [2.05, 4.69) is 88.4 Å². The van der Waals surface area contributed by atoms with E-state index >= 15 is 0 Å². The van der Waals surface area contributed by atoms with Crippen LogP contribution < -0.4 is 20.4 Å². The van der Waals surface area contributed by atoms with Gasteiger partial charge in [0.05, 0.1) is 45.1 Å². The summed E-state index contributed by atoms with van der Waals surface area (Å²) in [7, 11) is -0.753. The smallest absolute Gasteiger partial charge is 0.490 e. The van der Waals surface area contributed by atoms with E-state index in [0.29, 0.717) is 39.6 Å². The van der Waals surface area contributed by atoms with E-state index in [1.165, 1.54) is 55.6 Å². The first-order chi connectivity index (χ1) is 24.0. The van der Waals surface area contributed by atoms with Gasteiger partial charge >= 0.3 is 14.2 Å². The molecule has 0 radical (unpaired) electrons. The average Bonchev–Trinajstić information content (AvgIpc) is 3.93. The molecule has 252 valence electrons. The lowest BCUT2D eigenvalue weighted by atomic mass is 9.67. The molecule has 49 heavy (non-hydrogen) atoms. The van der Waals surface area contributed by atoms with Gasteiger partial charge in [-0.2, -0.15) is 0 Å². The number of rotatable bonds is 12. The summed E-state index contributed by atoms with van der Waals surface area (Å²) < 4.78 is 37.4. The van der Waals surface area contributed by atoms with Crippen molar-refractivity contribution in [2.24, 2.45) is 0 Å². The zero-order valence-electron chi connectivity index (χ0n) is 29.4. The molecule has 2 fully saturated rings. The van der Waals surface area contributed by atoms with Crippen LogP contribution in [0.25, 0.3) is 22.3 Å². The van der Waals surface area contributed by atoms with Crippen molar-refractivity contribution in [2.75, 3.05) is 39.6 Å². The van der Waals surface area contributed by atoms with Crippen LogP contribution >= 0.6 is 0 Å². The Morgan fingerprint density at radius 3 is 1.51 bits per heavy atom. The second-order valence-electron chi connectivity index (χ2n) is 13.9. The Hall–Kier alpha value is -3.55. The second-order valence-corrected chi connectivity index (χ2v) is 13.9. The van der Waals surface area contributed by atoms with Gasteiger partial charge in [-0.05, 0) is 105 Å². The molecule has 0 unspecified atom stereocenters. The van der Waals surface area contributed by atoms with Gasteiger partial charge in [0.25, 0.3) is 0 Å². The highest BCUT2D eigenvalue weighted by molar-refractivity contribution is 6.62. The van der Waals surface area contributed by atoms with Crippen LogP contribution in [0.2, 0.25) is 0 Å². The van der Waals surface area contributed by atoms with Crippen LogP contribution in [0.15, 0.2) is 60.7 Å². The summed E-state index contributed by atoms with van der Waals surface area (Å²) in [4.78, 5) is 0. The highest BCUT2D eigenvalue weighted by Gasteiger charge is 2.53. The molecule has 1 spiro atoms. The lowest BCUT2D eigenvalue weighted by Gasteiger charge is -2.32. The number of benzene rings is 4. The molecule has 0 N–H and O–H groups in total. The second kappa shape index (κ2) is 13.6. The minimum atomic E-state index is -0.598. The topological polar surface area (TPSA) is 55.4 Å². The van der Waals surface area contributed by atoms with E-state index in [-0.39, 0.29) is 14.2 Å². The maximum atomic E-state index is 6.65. The van der Waals surface area contributed by atoms with Gasteiger partial charge in [-0.1, -0.05) is 88.1 Å². The number of hydrogen-bond acceptors (Lipinski definition) is 6. The first-order valence-corrected chi connectivity index (χ1v) is 18.4. The van der Waals surface area contributed by atoms with E-state index < -0.39 is 5.41 Å². The van der Waals surface area contributed by atoms with Crippen molar-refractivity contribution in [3.8, 4) is 33.8 Å². The molecular weight excluding hydrogens is 610 g/mol. The summed E-state index contributed by atoms with van der Waals surface area (Å²) in [6.45, 7) is 12.6. The summed E-state index contributed by atoms with van der Waals surface area (Å²) in [5.74, 6) is 1.65. The Labute approximate surface area is 291 Å². The Balaban J connectivity index is 1.39. The van der Waals surface area contributed by atoms with Crippen LogP contribution in [0.5, 0.6) is 11.5 Å². The average molecular weight is 656 g/mol. The van der Waals surface area contributed by atoms with Crippen LogP contribution in [0.3, 0.4) is 0 Å². The maximum Gasteiger partial charge on any atom is 0.494 e. The van der Waals surface area contributed by atoms with E-state index in [1.54, 1.807) is 0 Å². The number of hydrogen-bond donors (Lipinski definition) is 0. The minimum Gasteiger partial charge on any atom is -0.490 e. The van der Waals surface area contributed by atoms with Gasteiger partial charge in [-0.25, -0.2) is 0 Å². The fourth-order valence-corrected chi connectivity index (χ4v) is 8.22. The standard InChI is InChI=1S/C41H46B2O6/c1-5-7-9-15-44-39-25-34-33-21-27(3)28(4)22-35(33)41(38(34)26-40(39)45-16-10-8-6-2)36-23-29(42-46-17-18-47-42)11-13-31(36)32-14-12-30(24-37(32)41)43-48-19-20-49-43/h11-14,21-26H,5-10,15-20H2,1-4H3. The molecule has 8 rings (SSSR count). The van der Waals surface area contributed by atoms with Gasteiger partial charge in [0, 0.05) is 0 Å². The fourth-order valence-electron chi connectivity index (χ4n) is 8.22. The van der Waals surface area contributed by atoms with Gasteiger partial charge in [0.15, 0.2) is 11.5 Å². The number of unbranched alkanes of at least 4 members (excludes halogenated alkanes) is 4. The molecule has 4 aliphatic rings. The quantitative estimate of drug-likeness (QED) is 0.102. The van der Waals surface area contributed by atoms with Crippen LogP contribution in [-0.2, 0) is 24.0 Å². The molecule has 0 atom stereocenters. The van der Waals surface area contributed by atoms with Crippen LogP contribution in [0.4, 0.5) is 0 Å². The van der Waals surface area contributed by atoms with Crippen LogP contribution in [-0.4, -0.2) is 53.9 Å². The minimum absolute atomic E-state index is 0.377. The third kappa shape index (κ3) is 5.52. The van der Waals surface area contributed by atoms with Crippen molar-refractivity contribution >= 4 is 25.2 Å². The summed E-state index contributed by atoms with van der Waals surface area (Å²) in [5, 5.41) is 0. The fraction of sp³-hybridized carbons (Fsp3) is 0.415. The molecule has 0 saturated carbocycles. The summed E-state index contributed by atoms with van der Waals surface area (Å²) in [5.41, 5.74) is 13.9. The van der Waals surface area contributed by atoms with Crippen LogP contribution in [0.1, 0.15) is 85.8 Å². The van der Waals surface area contributed by atoms with E-state index in [0.717, 1.165) is 60.9 Å². The predicted molar refractivity (Wildman–Crippen MR) is 197 cm³/mol. The van der Waals surface area contributed by atoms with Crippen molar-refractivity contribution in [1.29, 1.82) is 0 Å². The summed E-state index contributed by atoms with van der Waals surface area (Å²) in [6, 6.07) is 22.9. The molecular formula is C41H46B2O6. The predicted octanol–water partition coefficient (Wildman–Crippen LogP) is 7.27. The molecule has 0 amide bonds. The maximum absolute atomic E-state index is 6.65. The van der Waals surface area contributed by atoms with Gasteiger partial charge in [-0.3, -0.25) is 0 Å². The number of ether oxygens (including phenoxy) is 2. The van der Waals surface area contributed by atoms with Crippen molar-refractivity contribution in [2.45, 2.75) is 71.6 Å². The highest BCUT2D eigenvalue weighted by Crippen LogP contribution is 2.64. The SMILES string of the molecule is CCCCCOc1cc2c(cc1OCCCCC)C1(c3cc(B4OCCO4)ccc3-c3ccc(B4OCCO4)cc31)c1cc(C)c(C)cc1-2. The van der Waals surface area contributed by atoms with E-state index in [4.69, 9.17) is 28.1 Å². The van der Waals surface area contributed by atoms with Gasteiger partial charge < -0.3 is 28.1 Å². The third-order valence-electron chi connectivity index (χ3n) is 10.8. The molecule has 6 nitrogen and oxygen atoms in total. The first kappa shape index (κ1) is 32.6. The first-order valence-electron chi connectivity index (χ1n) is 18.4. The number of fused-ring (bicyclic) bond motifs is 10. The molecule has 4 aromatic carbocycles. The van der Waals surface area contributed by atoms with E-state index in [9.17, 15) is 0 Å². The summed E-state index contributed by atoms with van der Waals surface area (Å²) in [6.07, 6.45) is 6.60. The molecule has 2 heterocycles.